The van der Waals surface area contributed by atoms with Gasteiger partial charge in [0, 0.05) is 12.6 Å². The first kappa shape index (κ1) is 17.7. The maximum Gasteiger partial charge on any atom is 0.335 e. The Kier molecular flexibility index (Phi) is 5.18. The first-order valence-electron chi connectivity index (χ1n) is 7.06. The molecule has 130 valence electrons. The van der Waals surface area contributed by atoms with Crippen LogP contribution in [0.4, 0.5) is 5.69 Å². The number of carbonyl (C=O) groups is 2. The van der Waals surface area contributed by atoms with Crippen LogP contribution in [-0.2, 0) is 17.8 Å². The van der Waals surface area contributed by atoms with Crippen molar-refractivity contribution >= 4 is 17.6 Å². The van der Waals surface area contributed by atoms with Gasteiger partial charge in [0.05, 0.1) is 16.9 Å². The number of carboxylic acids is 1. The number of hydrogen-bond acceptors (Lipinski definition) is 6. The summed E-state index contributed by atoms with van der Waals surface area (Å²) < 4.78 is 0. The first-order valence-corrected chi connectivity index (χ1v) is 7.06. The summed E-state index contributed by atoms with van der Waals surface area (Å²) in [6.07, 6.45) is -0.234. The lowest BCUT2D eigenvalue weighted by Gasteiger charge is -2.07. The Morgan fingerprint density at radius 2 is 1.72 bits per heavy atom. The minimum atomic E-state index is -1.05. The van der Waals surface area contributed by atoms with Crippen LogP contribution in [0, 0.1) is 10.1 Å². The van der Waals surface area contributed by atoms with Crippen LogP contribution in [0.2, 0.25) is 0 Å². The number of benzene rings is 2. The summed E-state index contributed by atoms with van der Waals surface area (Å²) >= 11 is 0. The van der Waals surface area contributed by atoms with Crippen LogP contribution in [0.25, 0.3) is 0 Å². The van der Waals surface area contributed by atoms with E-state index in [0.29, 0.717) is 5.56 Å². The van der Waals surface area contributed by atoms with Gasteiger partial charge in [0.2, 0.25) is 11.7 Å². The van der Waals surface area contributed by atoms with Crippen molar-refractivity contribution in [3.8, 4) is 11.5 Å². The minimum Gasteiger partial charge on any atom is -0.504 e. The molecule has 0 spiro atoms. The lowest BCUT2D eigenvalue weighted by Crippen LogP contribution is -2.24. The molecule has 0 aliphatic heterocycles. The maximum absolute atomic E-state index is 11.9. The number of carbonyl (C=O) groups excluding carboxylic acids is 1. The molecule has 9 nitrogen and oxygen atoms in total. The van der Waals surface area contributed by atoms with Crippen molar-refractivity contribution in [3.63, 3.8) is 0 Å². The van der Waals surface area contributed by atoms with Gasteiger partial charge in [0.25, 0.3) is 0 Å². The third-order valence-corrected chi connectivity index (χ3v) is 3.38. The molecule has 0 aliphatic carbocycles. The van der Waals surface area contributed by atoms with Gasteiger partial charge in [-0.3, -0.25) is 14.9 Å². The molecule has 2 rings (SSSR count). The predicted molar refractivity (Wildman–Crippen MR) is 85.4 cm³/mol. The van der Waals surface area contributed by atoms with Crippen LogP contribution >= 0.6 is 0 Å². The van der Waals surface area contributed by atoms with Gasteiger partial charge >= 0.3 is 11.7 Å². The molecule has 0 bridgehead atoms. The molecule has 0 heterocycles. The molecular weight excluding hydrogens is 332 g/mol. The lowest BCUT2D eigenvalue weighted by atomic mass is 10.1. The quantitative estimate of drug-likeness (QED) is 0.352. The molecule has 1 amide bonds. The molecule has 0 saturated carbocycles. The third kappa shape index (κ3) is 4.44. The van der Waals surface area contributed by atoms with E-state index in [1.165, 1.54) is 12.1 Å². The number of aromatic carboxylic acids is 1. The Morgan fingerprint density at radius 1 is 1.08 bits per heavy atom. The Balaban J connectivity index is 2.00. The van der Waals surface area contributed by atoms with E-state index in [1.807, 2.05) is 0 Å². The second-order valence-electron chi connectivity index (χ2n) is 5.20. The highest BCUT2D eigenvalue weighted by Gasteiger charge is 2.19. The molecule has 0 saturated heterocycles. The first-order chi connectivity index (χ1) is 11.8. The highest BCUT2D eigenvalue weighted by molar-refractivity contribution is 5.87. The summed E-state index contributed by atoms with van der Waals surface area (Å²) in [6, 6.07) is 8.01. The average molecular weight is 346 g/mol. The molecule has 2 aromatic rings. The normalized spacial score (nSPS) is 10.2. The van der Waals surface area contributed by atoms with Crippen molar-refractivity contribution < 1.29 is 29.8 Å². The largest absolute Gasteiger partial charge is 0.504 e. The number of aromatic hydroxyl groups is 2. The van der Waals surface area contributed by atoms with Crippen LogP contribution in [0.5, 0.6) is 11.5 Å². The van der Waals surface area contributed by atoms with Gasteiger partial charge in [-0.25, -0.2) is 4.79 Å². The van der Waals surface area contributed by atoms with Gasteiger partial charge in [-0.1, -0.05) is 12.1 Å². The summed E-state index contributed by atoms with van der Waals surface area (Å²) in [7, 11) is 0. The van der Waals surface area contributed by atoms with Crippen molar-refractivity contribution in [1.29, 1.82) is 0 Å². The van der Waals surface area contributed by atoms with Crippen molar-refractivity contribution in [3.05, 3.63) is 63.2 Å². The fraction of sp³-hybridized carbons (Fsp3) is 0.125. The lowest BCUT2D eigenvalue weighted by molar-refractivity contribution is -0.386. The van der Waals surface area contributed by atoms with Crippen molar-refractivity contribution in [2.45, 2.75) is 13.0 Å². The van der Waals surface area contributed by atoms with Gasteiger partial charge in [-0.05, 0) is 29.3 Å². The second kappa shape index (κ2) is 7.30. The molecule has 0 atom stereocenters. The molecule has 4 N–H and O–H groups in total. The van der Waals surface area contributed by atoms with E-state index in [9.17, 15) is 29.9 Å². The smallest absolute Gasteiger partial charge is 0.335 e. The van der Waals surface area contributed by atoms with E-state index in [0.717, 1.165) is 12.1 Å². The van der Waals surface area contributed by atoms with Crippen molar-refractivity contribution in [2.75, 3.05) is 0 Å². The number of amides is 1. The summed E-state index contributed by atoms with van der Waals surface area (Å²) in [5.74, 6) is -3.04. The van der Waals surface area contributed by atoms with Crippen LogP contribution in [0.1, 0.15) is 21.5 Å². The SMILES string of the molecule is O=C(Cc1cc(O)c(O)c([N+](=O)[O-])c1)NCc1ccc(C(=O)O)cc1. The van der Waals surface area contributed by atoms with E-state index in [4.69, 9.17) is 5.11 Å². The number of phenolic OH excluding ortho intramolecular Hbond substituents is 2. The Morgan fingerprint density at radius 3 is 2.28 bits per heavy atom. The zero-order valence-electron chi connectivity index (χ0n) is 12.8. The fourth-order valence-corrected chi connectivity index (χ4v) is 2.12. The molecule has 0 aromatic heterocycles. The summed E-state index contributed by atoms with van der Waals surface area (Å²) in [6.45, 7) is 0.144. The topological polar surface area (TPSA) is 150 Å². The number of nitrogens with one attached hydrogen (secondary N) is 1. The molecule has 0 radical (unpaired) electrons. The van der Waals surface area contributed by atoms with E-state index >= 15 is 0 Å². The fourth-order valence-electron chi connectivity index (χ4n) is 2.12. The van der Waals surface area contributed by atoms with Gasteiger partial charge in [-0.15, -0.1) is 0 Å². The standard InChI is InChI=1S/C16H14N2O7/c19-13-6-10(5-12(15(13)21)18(24)25)7-14(20)17-8-9-1-3-11(4-2-9)16(22)23/h1-6,19,21H,7-8H2,(H,17,20)(H,22,23). The second-order valence-corrected chi connectivity index (χ2v) is 5.20. The summed E-state index contributed by atoms with van der Waals surface area (Å²) in [4.78, 5) is 32.6. The third-order valence-electron chi connectivity index (χ3n) is 3.38. The number of nitrogens with zero attached hydrogens (tertiary/aromatic N) is 1. The van der Waals surface area contributed by atoms with E-state index < -0.39 is 34.0 Å². The Hall–Kier alpha value is -3.62. The maximum atomic E-state index is 11.9. The van der Waals surface area contributed by atoms with Crippen LogP contribution < -0.4 is 5.32 Å². The van der Waals surface area contributed by atoms with Crippen molar-refractivity contribution in [1.82, 2.24) is 5.32 Å². The van der Waals surface area contributed by atoms with Gasteiger partial charge in [0.1, 0.15) is 0 Å². The highest BCUT2D eigenvalue weighted by atomic mass is 16.6. The van der Waals surface area contributed by atoms with Crippen LogP contribution in [0.15, 0.2) is 36.4 Å². The number of phenols is 2. The number of carboxylic acid groups (broad SMARTS) is 1. The Bertz CT molecular complexity index is 831. The zero-order chi connectivity index (χ0) is 18.6. The van der Waals surface area contributed by atoms with E-state index in [2.05, 4.69) is 5.32 Å². The predicted octanol–water partition coefficient (Wildman–Crippen LogP) is 1.56. The minimum absolute atomic E-state index is 0.127. The molecule has 0 fully saturated rings. The number of hydrogen-bond donors (Lipinski definition) is 4. The van der Waals surface area contributed by atoms with Crippen molar-refractivity contribution in [2.24, 2.45) is 0 Å². The molecule has 9 heteroatoms. The summed E-state index contributed by atoms with van der Waals surface area (Å²) in [5, 5.41) is 41.1. The number of nitro benzene ring substituents is 1. The Labute approximate surface area is 141 Å². The monoisotopic (exact) mass is 346 g/mol. The number of nitro groups is 1. The van der Waals surface area contributed by atoms with E-state index in [1.54, 1.807) is 12.1 Å². The van der Waals surface area contributed by atoms with Crippen LogP contribution in [-0.4, -0.2) is 32.1 Å². The summed E-state index contributed by atoms with van der Waals surface area (Å²) in [5.41, 5.74) is 0.285. The molecule has 2 aromatic carbocycles. The highest BCUT2D eigenvalue weighted by Crippen LogP contribution is 2.36. The molecule has 0 unspecified atom stereocenters. The zero-order valence-corrected chi connectivity index (χ0v) is 12.8. The van der Waals surface area contributed by atoms with Gasteiger partial charge < -0.3 is 20.6 Å². The van der Waals surface area contributed by atoms with E-state index in [-0.39, 0.29) is 24.1 Å². The van der Waals surface area contributed by atoms with Gasteiger partial charge in [-0.2, -0.15) is 0 Å². The molecular formula is C16H14N2O7. The average Bonchev–Trinajstić information content (AvgIpc) is 2.56. The molecule has 0 aliphatic rings. The number of rotatable bonds is 6. The molecule has 25 heavy (non-hydrogen) atoms. The van der Waals surface area contributed by atoms with Crippen LogP contribution in [0.3, 0.4) is 0 Å². The van der Waals surface area contributed by atoms with Gasteiger partial charge in [0.15, 0.2) is 5.75 Å².